The molecule has 0 rings (SSSR count). The molecule has 6 nitrogen and oxygen atoms in total. The number of unbranched alkanes of at least 4 members (excludes halogenated alkanes) is 23. The van der Waals surface area contributed by atoms with E-state index in [2.05, 4.69) is 27.7 Å². The number of hydrogen-bond donors (Lipinski definition) is 0. The van der Waals surface area contributed by atoms with Gasteiger partial charge in [0.2, 0.25) is 0 Å². The predicted octanol–water partition coefficient (Wildman–Crippen LogP) is 12.4. The third kappa shape index (κ3) is 35.5. The Morgan fingerprint density at radius 3 is 1.04 bits per heavy atom. The van der Waals surface area contributed by atoms with Crippen LogP contribution < -0.4 is 0 Å². The van der Waals surface area contributed by atoms with Crippen molar-refractivity contribution >= 4 is 17.9 Å². The molecule has 0 aromatic heterocycles. The van der Waals surface area contributed by atoms with Crippen molar-refractivity contribution in [2.75, 3.05) is 13.2 Å². The van der Waals surface area contributed by atoms with Gasteiger partial charge in [-0.15, -0.1) is 0 Å². The summed E-state index contributed by atoms with van der Waals surface area (Å²) in [6, 6.07) is 0. The molecule has 0 heterocycles. The highest BCUT2D eigenvalue weighted by Crippen LogP contribution is 2.15. The molecule has 0 saturated carbocycles. The van der Waals surface area contributed by atoms with Crippen LogP contribution in [0.3, 0.4) is 0 Å². The topological polar surface area (TPSA) is 78.9 Å². The number of carbonyl (C=O) groups is 3. The van der Waals surface area contributed by atoms with E-state index in [0.717, 1.165) is 70.1 Å². The van der Waals surface area contributed by atoms with E-state index in [1.165, 1.54) is 109 Å². The van der Waals surface area contributed by atoms with Crippen LogP contribution in [0, 0.1) is 5.92 Å². The van der Waals surface area contributed by atoms with Gasteiger partial charge in [-0.1, -0.05) is 182 Å². The van der Waals surface area contributed by atoms with E-state index in [1.807, 2.05) is 0 Å². The summed E-state index contributed by atoms with van der Waals surface area (Å²) in [5, 5.41) is 0. The molecular weight excluding hydrogens is 588 g/mol. The average Bonchev–Trinajstić information content (AvgIpc) is 3.05. The molecule has 0 aliphatic heterocycles. The lowest BCUT2D eigenvalue weighted by molar-refractivity contribution is -0.167. The highest BCUT2D eigenvalue weighted by molar-refractivity contribution is 5.71. The number of esters is 3. The fourth-order valence-electron chi connectivity index (χ4n) is 5.92. The molecule has 0 aromatic carbocycles. The van der Waals surface area contributed by atoms with E-state index in [1.54, 1.807) is 0 Å². The van der Waals surface area contributed by atoms with Crippen LogP contribution in [0.2, 0.25) is 0 Å². The van der Waals surface area contributed by atoms with Gasteiger partial charge < -0.3 is 14.2 Å². The Bertz CT molecular complexity index is 706. The van der Waals surface area contributed by atoms with E-state index in [9.17, 15) is 14.4 Å². The van der Waals surface area contributed by atoms with E-state index in [0.29, 0.717) is 19.3 Å². The Hall–Kier alpha value is -1.59. The van der Waals surface area contributed by atoms with Gasteiger partial charge >= 0.3 is 17.9 Å². The largest absolute Gasteiger partial charge is 0.462 e. The summed E-state index contributed by atoms with van der Waals surface area (Å²) in [5.74, 6) is -0.116. The summed E-state index contributed by atoms with van der Waals surface area (Å²) in [6.07, 6.45) is 32.7. The average molecular weight is 667 g/mol. The van der Waals surface area contributed by atoms with E-state index in [4.69, 9.17) is 14.2 Å². The molecule has 0 saturated heterocycles. The second-order valence-corrected chi connectivity index (χ2v) is 14.4. The number of carbonyl (C=O) groups excluding carboxylic acids is 3. The summed E-state index contributed by atoms with van der Waals surface area (Å²) in [7, 11) is 0. The SMILES string of the molecule is CCCCCCCCCCCCCCCCCC(=O)O[C@@H](COC(=O)CCCCCCC)COC(=O)CCCCCCCCC(C)C. The molecular formula is C41H78O6. The monoisotopic (exact) mass is 667 g/mol. The van der Waals surface area contributed by atoms with Gasteiger partial charge in [0.15, 0.2) is 6.10 Å². The number of hydrogen-bond acceptors (Lipinski definition) is 6. The molecule has 47 heavy (non-hydrogen) atoms. The Morgan fingerprint density at radius 1 is 0.404 bits per heavy atom. The van der Waals surface area contributed by atoms with E-state index >= 15 is 0 Å². The van der Waals surface area contributed by atoms with Crippen molar-refractivity contribution in [1.82, 2.24) is 0 Å². The molecule has 0 bridgehead atoms. The van der Waals surface area contributed by atoms with Crippen molar-refractivity contribution in [2.45, 2.75) is 226 Å². The number of ether oxygens (including phenoxy) is 3. The first kappa shape index (κ1) is 45.4. The fraction of sp³-hybridized carbons (Fsp3) is 0.927. The molecule has 0 spiro atoms. The predicted molar refractivity (Wildman–Crippen MR) is 196 cm³/mol. The maximum Gasteiger partial charge on any atom is 0.306 e. The Labute approximate surface area is 291 Å². The van der Waals surface area contributed by atoms with Gasteiger partial charge in [-0.25, -0.2) is 0 Å². The first-order valence-electron chi connectivity index (χ1n) is 20.4. The molecule has 0 N–H and O–H groups in total. The zero-order valence-corrected chi connectivity index (χ0v) is 31.7. The zero-order chi connectivity index (χ0) is 34.6. The third-order valence-electron chi connectivity index (χ3n) is 9.04. The summed E-state index contributed by atoms with van der Waals surface area (Å²) in [4.78, 5) is 37.2. The van der Waals surface area contributed by atoms with Gasteiger partial charge in [0.05, 0.1) is 0 Å². The van der Waals surface area contributed by atoms with Crippen LogP contribution in [0.5, 0.6) is 0 Å². The van der Waals surface area contributed by atoms with Crippen LogP contribution in [-0.4, -0.2) is 37.2 Å². The smallest absolute Gasteiger partial charge is 0.306 e. The third-order valence-corrected chi connectivity index (χ3v) is 9.04. The van der Waals surface area contributed by atoms with Crippen LogP contribution in [0.25, 0.3) is 0 Å². The molecule has 278 valence electrons. The van der Waals surface area contributed by atoms with Gasteiger partial charge in [0.25, 0.3) is 0 Å². The molecule has 0 unspecified atom stereocenters. The standard InChI is InChI=1S/C41H78O6/c1-5-7-9-11-12-13-14-15-16-17-18-19-20-26-30-34-41(44)47-38(35-45-39(42)32-28-23-10-8-6-2)36-46-40(43)33-29-25-22-21-24-27-31-37(3)4/h37-38H,5-36H2,1-4H3/t38-/m0/s1. The normalized spacial score (nSPS) is 11.9. The van der Waals surface area contributed by atoms with Gasteiger partial charge in [-0.2, -0.15) is 0 Å². The minimum atomic E-state index is -0.757. The van der Waals surface area contributed by atoms with Crippen molar-refractivity contribution in [1.29, 1.82) is 0 Å². The first-order valence-corrected chi connectivity index (χ1v) is 20.4. The van der Waals surface area contributed by atoms with E-state index < -0.39 is 6.10 Å². The van der Waals surface area contributed by atoms with Crippen molar-refractivity contribution in [3.05, 3.63) is 0 Å². The van der Waals surface area contributed by atoms with Crippen LogP contribution in [0.4, 0.5) is 0 Å². The molecule has 0 aliphatic carbocycles. The highest BCUT2D eigenvalue weighted by atomic mass is 16.6. The van der Waals surface area contributed by atoms with Gasteiger partial charge in [-0.3, -0.25) is 14.4 Å². The quantitative estimate of drug-likeness (QED) is 0.0376. The molecule has 1 atom stereocenters. The summed E-state index contributed by atoms with van der Waals surface area (Å²) < 4.78 is 16.5. The van der Waals surface area contributed by atoms with Crippen LogP contribution in [-0.2, 0) is 28.6 Å². The minimum absolute atomic E-state index is 0.0671. The number of rotatable bonds is 36. The van der Waals surface area contributed by atoms with Crippen LogP contribution in [0.15, 0.2) is 0 Å². The van der Waals surface area contributed by atoms with Gasteiger partial charge in [0.1, 0.15) is 13.2 Å². The zero-order valence-electron chi connectivity index (χ0n) is 31.7. The van der Waals surface area contributed by atoms with Gasteiger partial charge in [-0.05, 0) is 25.2 Å². The fourth-order valence-corrected chi connectivity index (χ4v) is 5.92. The lowest BCUT2D eigenvalue weighted by Crippen LogP contribution is -2.30. The maximum atomic E-state index is 12.6. The van der Waals surface area contributed by atoms with Crippen LogP contribution >= 0.6 is 0 Å². The van der Waals surface area contributed by atoms with Crippen molar-refractivity contribution in [2.24, 2.45) is 5.92 Å². The molecule has 0 aliphatic rings. The van der Waals surface area contributed by atoms with Crippen LogP contribution in [0.1, 0.15) is 220 Å². The Balaban J connectivity index is 4.21. The molecule has 0 fully saturated rings. The van der Waals surface area contributed by atoms with Crippen molar-refractivity contribution in [3.8, 4) is 0 Å². The second kappa shape index (κ2) is 35.7. The second-order valence-electron chi connectivity index (χ2n) is 14.4. The maximum absolute atomic E-state index is 12.6. The van der Waals surface area contributed by atoms with E-state index in [-0.39, 0.29) is 31.1 Å². The lowest BCUT2D eigenvalue weighted by atomic mass is 10.0. The molecule has 0 amide bonds. The highest BCUT2D eigenvalue weighted by Gasteiger charge is 2.19. The lowest BCUT2D eigenvalue weighted by Gasteiger charge is -2.18. The van der Waals surface area contributed by atoms with Crippen molar-refractivity contribution in [3.63, 3.8) is 0 Å². The first-order chi connectivity index (χ1) is 22.9. The molecule has 6 heteroatoms. The Kier molecular flexibility index (Phi) is 34.5. The molecule has 0 radical (unpaired) electrons. The minimum Gasteiger partial charge on any atom is -0.462 e. The molecule has 0 aromatic rings. The summed E-state index contributed by atoms with van der Waals surface area (Å²) in [6.45, 7) is 8.82. The Morgan fingerprint density at radius 2 is 0.702 bits per heavy atom. The summed E-state index contributed by atoms with van der Waals surface area (Å²) >= 11 is 0. The van der Waals surface area contributed by atoms with Crippen molar-refractivity contribution < 1.29 is 28.6 Å². The van der Waals surface area contributed by atoms with Gasteiger partial charge in [0, 0.05) is 19.3 Å². The summed E-state index contributed by atoms with van der Waals surface area (Å²) in [5.41, 5.74) is 0.